The van der Waals surface area contributed by atoms with Gasteiger partial charge in [0.1, 0.15) is 31.5 Å². The molecular formula is C26H35N3O17. The number of nitrogens with zero attached hydrogens (tertiary/aromatic N) is 3. The Balaban J connectivity index is 2.73. The van der Waals surface area contributed by atoms with Crippen molar-refractivity contribution in [2.75, 3.05) is 13.2 Å². The van der Waals surface area contributed by atoms with Crippen molar-refractivity contribution < 1.29 is 80.9 Å². The summed E-state index contributed by atoms with van der Waals surface area (Å²) in [5.74, 6) is -6.10. The van der Waals surface area contributed by atoms with Crippen LogP contribution >= 0.6 is 0 Å². The van der Waals surface area contributed by atoms with E-state index in [9.17, 15) is 33.6 Å². The van der Waals surface area contributed by atoms with Gasteiger partial charge in [0.2, 0.25) is 0 Å². The van der Waals surface area contributed by atoms with Crippen LogP contribution in [0.5, 0.6) is 0 Å². The van der Waals surface area contributed by atoms with E-state index in [0.29, 0.717) is 0 Å². The predicted molar refractivity (Wildman–Crippen MR) is 142 cm³/mol. The maximum Gasteiger partial charge on any atom is 0.303 e. The van der Waals surface area contributed by atoms with E-state index < -0.39 is 116 Å². The van der Waals surface area contributed by atoms with Gasteiger partial charge in [-0.1, -0.05) is 5.11 Å². The summed E-state index contributed by atoms with van der Waals surface area (Å²) in [5.41, 5.74) is 9.13. The number of hydrogen-bond acceptors (Lipinski definition) is 18. The third kappa shape index (κ3) is 11.1. The van der Waals surface area contributed by atoms with Crippen LogP contribution in [-0.2, 0) is 80.9 Å². The quantitative estimate of drug-likeness (QED) is 0.0870. The molecule has 0 amide bonds. The fraction of sp³-hybridized carbons (Fsp3) is 0.731. The van der Waals surface area contributed by atoms with E-state index in [2.05, 4.69) is 10.0 Å². The summed E-state index contributed by atoms with van der Waals surface area (Å²) in [6.45, 7) is 6.05. The lowest BCUT2D eigenvalue weighted by atomic mass is 9.95. The Morgan fingerprint density at radius 3 is 1.37 bits per heavy atom. The van der Waals surface area contributed by atoms with Gasteiger partial charge in [-0.2, -0.15) is 0 Å². The molecule has 0 radical (unpaired) electrons. The SMILES string of the molecule is CC(=O)OC[C@H]1O[C@@H](O[C@H]2[C@H](OC(C)=O)[C@@H](OC(C)=O)[C@@H](N=[N+]=[N-])O[C@@H]2COC(C)=O)[C@H](OC(C)=O)[C@@H](OC(C)=O)[C@H]1OC(C)=O. The van der Waals surface area contributed by atoms with Crippen molar-refractivity contribution in [3.63, 3.8) is 0 Å². The lowest BCUT2D eigenvalue weighted by molar-refractivity contribution is -0.344. The molecule has 46 heavy (non-hydrogen) atoms. The number of carbonyl (C=O) groups is 7. The van der Waals surface area contributed by atoms with Gasteiger partial charge in [0, 0.05) is 53.4 Å². The van der Waals surface area contributed by atoms with Crippen molar-refractivity contribution in [2.24, 2.45) is 5.11 Å². The van der Waals surface area contributed by atoms with Crippen LogP contribution in [0.1, 0.15) is 48.5 Å². The van der Waals surface area contributed by atoms with Crippen LogP contribution < -0.4 is 0 Å². The van der Waals surface area contributed by atoms with Crippen molar-refractivity contribution in [2.45, 2.75) is 110 Å². The van der Waals surface area contributed by atoms with Crippen LogP contribution in [0.3, 0.4) is 0 Å². The van der Waals surface area contributed by atoms with Crippen LogP contribution in [-0.4, -0.2) is 116 Å². The third-order valence-electron chi connectivity index (χ3n) is 6.07. The van der Waals surface area contributed by atoms with Gasteiger partial charge in [0.05, 0.1) is 0 Å². The molecule has 0 bridgehead atoms. The van der Waals surface area contributed by atoms with Crippen molar-refractivity contribution in [1.82, 2.24) is 0 Å². The summed E-state index contributed by atoms with van der Waals surface area (Å²) in [7, 11) is 0. The normalized spacial score (nSPS) is 30.3. The second kappa shape index (κ2) is 17.2. The second-order valence-corrected chi connectivity index (χ2v) is 9.89. The fourth-order valence-electron chi connectivity index (χ4n) is 4.63. The van der Waals surface area contributed by atoms with Crippen LogP contribution in [0.15, 0.2) is 5.11 Å². The van der Waals surface area contributed by atoms with Gasteiger partial charge in [0.15, 0.2) is 43.0 Å². The Morgan fingerprint density at radius 2 is 0.935 bits per heavy atom. The number of ether oxygens (including phenoxy) is 10. The molecule has 256 valence electrons. The molecule has 0 N–H and O–H groups in total. The monoisotopic (exact) mass is 661 g/mol. The molecule has 2 aliphatic heterocycles. The van der Waals surface area contributed by atoms with E-state index in [1.54, 1.807) is 0 Å². The van der Waals surface area contributed by atoms with Gasteiger partial charge in [0.25, 0.3) is 0 Å². The first-order chi connectivity index (χ1) is 21.5. The minimum Gasteiger partial charge on any atom is -0.463 e. The molecule has 0 spiro atoms. The van der Waals surface area contributed by atoms with Gasteiger partial charge < -0.3 is 47.4 Å². The van der Waals surface area contributed by atoms with E-state index in [-0.39, 0.29) is 0 Å². The average Bonchev–Trinajstić information content (AvgIpc) is 2.91. The van der Waals surface area contributed by atoms with Crippen LogP contribution in [0.4, 0.5) is 0 Å². The Labute approximate surface area is 261 Å². The Kier molecular flexibility index (Phi) is 14.1. The number of esters is 7. The molecular weight excluding hydrogens is 626 g/mol. The largest absolute Gasteiger partial charge is 0.463 e. The van der Waals surface area contributed by atoms with Crippen molar-refractivity contribution in [3.8, 4) is 0 Å². The van der Waals surface area contributed by atoms with E-state index in [0.717, 1.165) is 48.5 Å². The first kappa shape index (κ1) is 37.7. The summed E-state index contributed by atoms with van der Waals surface area (Å²) in [6.07, 6.45) is -16.1. The first-order valence-corrected chi connectivity index (χ1v) is 13.7. The molecule has 2 heterocycles. The molecule has 0 saturated carbocycles. The molecule has 2 saturated heterocycles. The zero-order valence-electron chi connectivity index (χ0n) is 26.0. The molecule has 2 rings (SSSR count). The Hall–Kier alpha value is -4.52. The maximum absolute atomic E-state index is 12.2. The second-order valence-electron chi connectivity index (χ2n) is 9.89. The third-order valence-corrected chi connectivity index (χ3v) is 6.07. The highest BCUT2D eigenvalue weighted by atomic mass is 16.8. The lowest BCUT2D eigenvalue weighted by Crippen LogP contribution is -2.67. The van der Waals surface area contributed by atoms with Gasteiger partial charge in [-0.05, 0) is 5.53 Å². The highest BCUT2D eigenvalue weighted by Crippen LogP contribution is 2.35. The minimum absolute atomic E-state index is 0.585. The van der Waals surface area contributed by atoms with Gasteiger partial charge in [-0.3, -0.25) is 33.6 Å². The molecule has 0 aliphatic carbocycles. The molecule has 0 aromatic rings. The molecule has 0 aromatic carbocycles. The highest BCUT2D eigenvalue weighted by molar-refractivity contribution is 5.69. The fourth-order valence-corrected chi connectivity index (χ4v) is 4.63. The van der Waals surface area contributed by atoms with Crippen molar-refractivity contribution in [3.05, 3.63) is 10.4 Å². The Morgan fingerprint density at radius 1 is 0.543 bits per heavy atom. The molecule has 10 atom stereocenters. The maximum atomic E-state index is 12.2. The molecule has 0 unspecified atom stereocenters. The average molecular weight is 662 g/mol. The highest BCUT2D eigenvalue weighted by Gasteiger charge is 2.57. The van der Waals surface area contributed by atoms with Gasteiger partial charge in [-0.25, -0.2) is 0 Å². The summed E-state index contributed by atoms with van der Waals surface area (Å²) in [4.78, 5) is 86.7. The minimum atomic E-state index is -1.82. The lowest BCUT2D eigenvalue weighted by Gasteiger charge is -2.48. The molecule has 2 fully saturated rings. The van der Waals surface area contributed by atoms with Crippen LogP contribution in [0.2, 0.25) is 0 Å². The number of hydrogen-bond donors (Lipinski definition) is 0. The number of carbonyl (C=O) groups excluding carboxylic acids is 7. The number of rotatable bonds is 12. The van der Waals surface area contributed by atoms with E-state index in [4.69, 9.17) is 52.9 Å². The molecule has 20 nitrogen and oxygen atoms in total. The van der Waals surface area contributed by atoms with Crippen LogP contribution in [0, 0.1) is 0 Å². The molecule has 0 aromatic heterocycles. The van der Waals surface area contributed by atoms with E-state index >= 15 is 0 Å². The first-order valence-electron chi connectivity index (χ1n) is 13.7. The summed E-state index contributed by atoms with van der Waals surface area (Å²) in [6, 6.07) is 0. The zero-order chi connectivity index (χ0) is 34.7. The Bertz CT molecular complexity index is 1220. The zero-order valence-corrected chi connectivity index (χ0v) is 26.0. The predicted octanol–water partition coefficient (Wildman–Crippen LogP) is -0.0836. The van der Waals surface area contributed by atoms with Crippen molar-refractivity contribution >= 4 is 41.8 Å². The molecule has 20 heteroatoms. The summed E-state index contributed by atoms with van der Waals surface area (Å²) < 4.78 is 54.8. The van der Waals surface area contributed by atoms with Crippen LogP contribution in [0.25, 0.3) is 10.4 Å². The standard InChI is InChI=1S/C26H35N3O17/c1-10(30)37-8-17-20(21(40-13(4)33)23(42-15(6)35)25(44-17)28-29-27)46-26-24(43-16(7)36)22(41-14(5)34)19(39-12(3)32)18(45-26)9-38-11(2)31/h17-26H,8-9H2,1-7H3/t17-,18-,19+,20-,21+,22+,23-,24-,25+,26+/m1/s1. The van der Waals surface area contributed by atoms with Crippen molar-refractivity contribution in [1.29, 1.82) is 0 Å². The molecule has 2 aliphatic rings. The summed E-state index contributed by atoms with van der Waals surface area (Å²) >= 11 is 0. The number of azide groups is 1. The van der Waals surface area contributed by atoms with Gasteiger partial charge >= 0.3 is 41.8 Å². The smallest absolute Gasteiger partial charge is 0.303 e. The summed E-state index contributed by atoms with van der Waals surface area (Å²) in [5, 5.41) is 3.46. The van der Waals surface area contributed by atoms with E-state index in [1.165, 1.54) is 0 Å². The van der Waals surface area contributed by atoms with Gasteiger partial charge in [-0.15, -0.1) is 0 Å². The van der Waals surface area contributed by atoms with E-state index in [1.807, 2.05) is 0 Å². The topological polar surface area (TPSA) is 261 Å².